The summed E-state index contributed by atoms with van der Waals surface area (Å²) in [7, 11) is 0. The van der Waals surface area contributed by atoms with E-state index in [2.05, 4.69) is 38.1 Å². The molecule has 1 fully saturated rings. The molecule has 1 aromatic carbocycles. The molecule has 1 heterocycles. The molecule has 1 aromatic rings. The van der Waals surface area contributed by atoms with Gasteiger partial charge in [-0.3, -0.25) is 0 Å². The van der Waals surface area contributed by atoms with Crippen molar-refractivity contribution in [3.63, 3.8) is 0 Å². The van der Waals surface area contributed by atoms with Gasteiger partial charge in [-0.25, -0.2) is 9.38 Å². The number of benzene rings is 1. The van der Waals surface area contributed by atoms with Crippen molar-refractivity contribution in [3.05, 3.63) is 34.1 Å². The molecule has 1 unspecified atom stereocenters. The number of rotatable bonds is 6. The first kappa shape index (κ1) is 21.6. The number of hydrogen-bond acceptors (Lipinski definition) is 2. The topological polar surface area (TPSA) is 36.9 Å². The lowest BCUT2D eigenvalue weighted by Crippen LogP contribution is -2.40. The van der Waals surface area contributed by atoms with Crippen LogP contribution in [0.15, 0.2) is 27.7 Å². The maximum atomic E-state index is 13.6. The Labute approximate surface area is 169 Å². The van der Waals surface area contributed by atoms with Crippen molar-refractivity contribution >= 4 is 45.9 Å². The zero-order valence-corrected chi connectivity index (χ0v) is 18.1. The quantitative estimate of drug-likeness (QED) is 0.354. The minimum absolute atomic E-state index is 0. The summed E-state index contributed by atoms with van der Waals surface area (Å²) in [4.78, 5) is 6.93. The third-order valence-electron chi connectivity index (χ3n) is 3.87. The first-order valence-corrected chi connectivity index (χ1v) is 8.98. The summed E-state index contributed by atoms with van der Waals surface area (Å²) in [5, 5.41) is 3.33. The predicted octanol–water partition coefficient (Wildman–Crippen LogP) is 4.03. The van der Waals surface area contributed by atoms with Crippen LogP contribution >= 0.6 is 39.9 Å². The Kier molecular flexibility index (Phi) is 10.1. The second-order valence-electron chi connectivity index (χ2n) is 5.68. The molecular weight excluding hydrogens is 488 g/mol. The van der Waals surface area contributed by atoms with Gasteiger partial charge in [-0.1, -0.05) is 6.07 Å². The van der Waals surface area contributed by atoms with Gasteiger partial charge >= 0.3 is 0 Å². The lowest BCUT2D eigenvalue weighted by molar-refractivity contribution is 0.114. The van der Waals surface area contributed by atoms with Crippen molar-refractivity contribution in [2.75, 3.05) is 32.8 Å². The van der Waals surface area contributed by atoms with Crippen molar-refractivity contribution in [1.82, 2.24) is 10.2 Å². The highest BCUT2D eigenvalue weighted by molar-refractivity contribution is 14.0. The van der Waals surface area contributed by atoms with Gasteiger partial charge in [0, 0.05) is 32.2 Å². The first-order valence-electron chi connectivity index (χ1n) is 8.19. The normalized spacial score (nSPS) is 17.8. The molecule has 0 amide bonds. The molecule has 2 rings (SSSR count). The SMILES string of the molecule is CCNC(=NCc1ccc(Br)c(F)c1)N1CCC(COCC)C1.I. The molecule has 0 bridgehead atoms. The molecule has 0 aromatic heterocycles. The highest BCUT2D eigenvalue weighted by Crippen LogP contribution is 2.18. The smallest absolute Gasteiger partial charge is 0.194 e. The monoisotopic (exact) mass is 513 g/mol. The zero-order valence-electron chi connectivity index (χ0n) is 14.2. The van der Waals surface area contributed by atoms with Gasteiger partial charge in [0.25, 0.3) is 0 Å². The second kappa shape index (κ2) is 11.3. The summed E-state index contributed by atoms with van der Waals surface area (Å²) in [6.07, 6.45) is 1.12. The summed E-state index contributed by atoms with van der Waals surface area (Å²) < 4.78 is 19.6. The first-order chi connectivity index (χ1) is 11.1. The molecule has 4 nitrogen and oxygen atoms in total. The molecule has 0 radical (unpaired) electrons. The fourth-order valence-electron chi connectivity index (χ4n) is 2.68. The van der Waals surface area contributed by atoms with Crippen LogP contribution in [0.3, 0.4) is 0 Å². The van der Waals surface area contributed by atoms with Gasteiger partial charge in [0.1, 0.15) is 5.82 Å². The summed E-state index contributed by atoms with van der Waals surface area (Å²) in [5.41, 5.74) is 0.867. The molecule has 0 spiro atoms. The van der Waals surface area contributed by atoms with Crippen LogP contribution in [-0.4, -0.2) is 43.7 Å². The van der Waals surface area contributed by atoms with Gasteiger partial charge < -0.3 is 15.0 Å². The number of aliphatic imine (C=N–C) groups is 1. The molecule has 1 aliphatic heterocycles. The van der Waals surface area contributed by atoms with Crippen LogP contribution in [-0.2, 0) is 11.3 Å². The number of guanidine groups is 1. The summed E-state index contributed by atoms with van der Waals surface area (Å²) in [5.74, 6) is 1.21. The summed E-state index contributed by atoms with van der Waals surface area (Å²) in [6, 6.07) is 5.14. The molecule has 1 aliphatic rings. The third-order valence-corrected chi connectivity index (χ3v) is 4.52. The fraction of sp³-hybridized carbons (Fsp3) is 0.588. The standard InChI is InChI=1S/C17H25BrFN3O.HI/c1-3-20-17(22-8-7-14(11-22)12-23-4-2)21-10-13-5-6-15(18)16(19)9-13;/h5-6,9,14H,3-4,7-8,10-12H2,1-2H3,(H,20,21);1H. The van der Waals surface area contributed by atoms with Gasteiger partial charge in [0.05, 0.1) is 17.6 Å². The Morgan fingerprint density at radius 3 is 2.92 bits per heavy atom. The van der Waals surface area contributed by atoms with Crippen molar-refractivity contribution in [2.45, 2.75) is 26.8 Å². The van der Waals surface area contributed by atoms with Crippen LogP contribution in [0, 0.1) is 11.7 Å². The molecule has 1 N–H and O–H groups in total. The van der Waals surface area contributed by atoms with Gasteiger partial charge in [-0.05, 0) is 53.9 Å². The van der Waals surface area contributed by atoms with Gasteiger partial charge in [0.2, 0.25) is 0 Å². The lowest BCUT2D eigenvalue weighted by atomic mass is 10.1. The molecular formula is C17H26BrFIN3O. The second-order valence-corrected chi connectivity index (χ2v) is 6.53. The number of likely N-dealkylation sites (tertiary alicyclic amines) is 1. The summed E-state index contributed by atoms with van der Waals surface area (Å²) in [6.45, 7) is 8.89. The van der Waals surface area contributed by atoms with Crippen LogP contribution in [0.5, 0.6) is 0 Å². The summed E-state index contributed by atoms with van der Waals surface area (Å²) >= 11 is 3.17. The zero-order chi connectivity index (χ0) is 16.7. The molecule has 1 saturated heterocycles. The van der Waals surface area contributed by atoms with E-state index in [0.717, 1.165) is 50.8 Å². The fourth-order valence-corrected chi connectivity index (χ4v) is 2.92. The van der Waals surface area contributed by atoms with E-state index in [1.165, 1.54) is 6.07 Å². The average molecular weight is 514 g/mol. The van der Waals surface area contributed by atoms with Crippen LogP contribution in [0.25, 0.3) is 0 Å². The van der Waals surface area contributed by atoms with E-state index in [4.69, 9.17) is 4.74 Å². The third kappa shape index (κ3) is 6.48. The van der Waals surface area contributed by atoms with Crippen molar-refractivity contribution in [1.29, 1.82) is 0 Å². The highest BCUT2D eigenvalue weighted by Gasteiger charge is 2.24. The Hall–Kier alpha value is -0.410. The Morgan fingerprint density at radius 2 is 2.25 bits per heavy atom. The minimum Gasteiger partial charge on any atom is -0.381 e. The van der Waals surface area contributed by atoms with Crippen molar-refractivity contribution in [2.24, 2.45) is 10.9 Å². The Balaban J connectivity index is 0.00000288. The van der Waals surface area contributed by atoms with E-state index in [1.807, 2.05) is 13.0 Å². The van der Waals surface area contributed by atoms with Crippen LogP contribution in [0.4, 0.5) is 4.39 Å². The van der Waals surface area contributed by atoms with E-state index in [0.29, 0.717) is 16.9 Å². The number of nitrogens with zero attached hydrogens (tertiary/aromatic N) is 2. The predicted molar refractivity (Wildman–Crippen MR) is 111 cm³/mol. The molecule has 7 heteroatoms. The molecule has 24 heavy (non-hydrogen) atoms. The van der Waals surface area contributed by atoms with Gasteiger partial charge in [-0.2, -0.15) is 0 Å². The van der Waals surface area contributed by atoms with E-state index >= 15 is 0 Å². The average Bonchev–Trinajstić information content (AvgIpc) is 3.01. The number of ether oxygens (including phenoxy) is 1. The van der Waals surface area contributed by atoms with Crippen LogP contribution < -0.4 is 5.32 Å². The lowest BCUT2D eigenvalue weighted by Gasteiger charge is -2.21. The molecule has 1 atom stereocenters. The van der Waals surface area contributed by atoms with E-state index in [1.54, 1.807) is 6.07 Å². The Morgan fingerprint density at radius 1 is 1.46 bits per heavy atom. The largest absolute Gasteiger partial charge is 0.381 e. The number of nitrogens with one attached hydrogen (secondary N) is 1. The molecule has 0 saturated carbocycles. The maximum Gasteiger partial charge on any atom is 0.194 e. The van der Waals surface area contributed by atoms with Crippen molar-refractivity contribution < 1.29 is 9.13 Å². The molecule has 0 aliphatic carbocycles. The number of hydrogen-bond donors (Lipinski definition) is 1. The van der Waals surface area contributed by atoms with E-state index < -0.39 is 0 Å². The Bertz CT molecular complexity index is 545. The highest BCUT2D eigenvalue weighted by atomic mass is 127. The van der Waals surface area contributed by atoms with Crippen LogP contribution in [0.2, 0.25) is 0 Å². The van der Waals surface area contributed by atoms with Gasteiger partial charge in [-0.15, -0.1) is 24.0 Å². The molecule has 136 valence electrons. The van der Waals surface area contributed by atoms with E-state index in [-0.39, 0.29) is 29.8 Å². The van der Waals surface area contributed by atoms with Crippen molar-refractivity contribution in [3.8, 4) is 0 Å². The van der Waals surface area contributed by atoms with E-state index in [9.17, 15) is 4.39 Å². The van der Waals surface area contributed by atoms with Crippen LogP contribution in [0.1, 0.15) is 25.8 Å². The van der Waals surface area contributed by atoms with Gasteiger partial charge in [0.15, 0.2) is 5.96 Å². The number of halogens is 3. The maximum absolute atomic E-state index is 13.6. The minimum atomic E-state index is -0.249.